The lowest BCUT2D eigenvalue weighted by molar-refractivity contribution is -0.167. The zero-order valence-corrected chi connectivity index (χ0v) is 27.8. The summed E-state index contributed by atoms with van der Waals surface area (Å²) in [5.74, 6) is 2.00. The zero-order valence-electron chi connectivity index (χ0n) is 27.8. The first-order valence-corrected chi connectivity index (χ1v) is 17.0. The Morgan fingerprint density at radius 3 is 2.44 bits per heavy atom. The van der Waals surface area contributed by atoms with Crippen LogP contribution in [0.15, 0.2) is 17.0 Å². The van der Waals surface area contributed by atoms with Gasteiger partial charge in [-0.3, -0.25) is 4.79 Å². The van der Waals surface area contributed by atoms with Crippen LogP contribution in [0.1, 0.15) is 100 Å². The highest BCUT2D eigenvalue weighted by molar-refractivity contribution is 6.00. The fourth-order valence-corrected chi connectivity index (χ4v) is 8.06. The topological polar surface area (TPSA) is 177 Å². The number of aromatic nitrogens is 7. The Hall–Kier alpha value is -4.62. The number of hydrogen-bond acceptors (Lipinski definition) is 12. The zero-order chi connectivity index (χ0) is 33.3. The highest BCUT2D eigenvalue weighted by Crippen LogP contribution is 2.59. The molecule has 5 heterocycles. The summed E-state index contributed by atoms with van der Waals surface area (Å²) in [6, 6.07) is 0.0416. The van der Waals surface area contributed by atoms with E-state index in [9.17, 15) is 9.59 Å². The van der Waals surface area contributed by atoms with Gasteiger partial charge in [0, 0.05) is 36.9 Å². The fourth-order valence-electron chi connectivity index (χ4n) is 8.06. The molecule has 0 atom stereocenters. The molecule has 0 bridgehead atoms. The number of hydrogen-bond donors (Lipinski definition) is 1. The first-order chi connectivity index (χ1) is 23.1. The van der Waals surface area contributed by atoms with Gasteiger partial charge in [0.1, 0.15) is 29.6 Å². The van der Waals surface area contributed by atoms with E-state index in [1.165, 1.54) is 13.4 Å². The van der Waals surface area contributed by atoms with E-state index in [1.54, 1.807) is 0 Å². The Morgan fingerprint density at radius 1 is 1.02 bits per heavy atom. The summed E-state index contributed by atoms with van der Waals surface area (Å²) in [5, 5.41) is 10.0. The van der Waals surface area contributed by atoms with Crippen molar-refractivity contribution >= 4 is 28.9 Å². The van der Waals surface area contributed by atoms with Crippen LogP contribution >= 0.6 is 0 Å². The van der Waals surface area contributed by atoms with Crippen molar-refractivity contribution in [1.29, 1.82) is 0 Å². The van der Waals surface area contributed by atoms with Gasteiger partial charge < -0.3 is 24.6 Å². The number of esters is 1. The predicted molar refractivity (Wildman–Crippen MR) is 174 cm³/mol. The number of nitrogen functional groups attached to an aromatic ring is 1. The van der Waals surface area contributed by atoms with Crippen molar-refractivity contribution in [2.24, 2.45) is 11.3 Å². The molecule has 1 saturated heterocycles. The molecule has 1 spiro atoms. The lowest BCUT2D eigenvalue weighted by atomic mass is 9.50. The third-order valence-electron chi connectivity index (χ3n) is 10.8. The number of nitrogens with two attached hydrogens (primary N) is 1. The van der Waals surface area contributed by atoms with Crippen molar-refractivity contribution in [1.82, 2.24) is 39.8 Å². The highest BCUT2D eigenvalue weighted by atomic mass is 16.6. The molecule has 4 aromatic heterocycles. The van der Waals surface area contributed by atoms with Crippen molar-refractivity contribution in [3.8, 4) is 22.8 Å². The molecule has 1 amide bonds. The molecule has 1 aliphatic heterocycles. The molecule has 14 heteroatoms. The number of carbonyl (C=O) groups excluding carboxylic acids is 2. The van der Waals surface area contributed by atoms with Crippen LogP contribution in [0.25, 0.3) is 33.8 Å². The molecule has 8 rings (SSSR count). The van der Waals surface area contributed by atoms with Gasteiger partial charge in [0.05, 0.1) is 24.0 Å². The maximum absolute atomic E-state index is 13.0. The van der Waals surface area contributed by atoms with Crippen molar-refractivity contribution in [3.63, 3.8) is 0 Å². The summed E-state index contributed by atoms with van der Waals surface area (Å²) >= 11 is 0. The van der Waals surface area contributed by atoms with Crippen LogP contribution in [0.4, 0.5) is 10.6 Å². The van der Waals surface area contributed by atoms with E-state index in [0.717, 1.165) is 73.9 Å². The number of aryl methyl sites for hydroxylation is 1. The number of likely N-dealkylation sites (tertiary alicyclic amines) is 1. The predicted octanol–water partition coefficient (Wildman–Crippen LogP) is 5.34. The van der Waals surface area contributed by atoms with E-state index >= 15 is 0 Å². The maximum Gasteiger partial charge on any atom is 0.410 e. The van der Waals surface area contributed by atoms with Gasteiger partial charge in [-0.25, -0.2) is 29.4 Å². The second kappa shape index (κ2) is 11.5. The number of piperidine rings is 1. The quantitative estimate of drug-likeness (QED) is 0.253. The molecule has 252 valence electrons. The van der Waals surface area contributed by atoms with Crippen LogP contribution in [-0.2, 0) is 14.3 Å². The van der Waals surface area contributed by atoms with E-state index < -0.39 is 0 Å². The van der Waals surface area contributed by atoms with Crippen molar-refractivity contribution < 1.29 is 23.6 Å². The molecule has 0 radical (unpaired) electrons. The molecule has 3 aliphatic carbocycles. The van der Waals surface area contributed by atoms with E-state index in [1.807, 2.05) is 36.5 Å². The number of rotatable bonds is 7. The summed E-state index contributed by atoms with van der Waals surface area (Å²) in [6.07, 6.45) is 10.0. The Labute approximate surface area is 277 Å². The Morgan fingerprint density at radius 2 is 1.77 bits per heavy atom. The van der Waals surface area contributed by atoms with Gasteiger partial charge in [-0.2, -0.15) is 5.10 Å². The van der Waals surface area contributed by atoms with Gasteiger partial charge in [-0.1, -0.05) is 5.16 Å². The number of ether oxygens (including phenoxy) is 2. The number of carbonyl (C=O) groups is 2. The minimum Gasteiger partial charge on any atom is -0.469 e. The molecule has 4 fully saturated rings. The fraction of sp³-hybridized carbons (Fsp3) is 0.588. The molecular weight excluding hydrogens is 614 g/mol. The molecular formula is C34H41N9O5. The van der Waals surface area contributed by atoms with Crippen LogP contribution in [0.2, 0.25) is 0 Å². The van der Waals surface area contributed by atoms with Gasteiger partial charge >= 0.3 is 12.1 Å². The third kappa shape index (κ3) is 5.16. The average molecular weight is 656 g/mol. The molecule has 4 aromatic rings. The van der Waals surface area contributed by atoms with Crippen LogP contribution in [0.5, 0.6) is 0 Å². The van der Waals surface area contributed by atoms with Crippen LogP contribution in [0.3, 0.4) is 0 Å². The van der Waals surface area contributed by atoms with Gasteiger partial charge in [0.25, 0.3) is 0 Å². The van der Waals surface area contributed by atoms with Gasteiger partial charge in [0.2, 0.25) is 0 Å². The third-order valence-corrected chi connectivity index (χ3v) is 10.8. The number of methoxy groups -OCH3 is 1. The Balaban J connectivity index is 0.965. The van der Waals surface area contributed by atoms with Crippen molar-refractivity contribution in [3.05, 3.63) is 29.5 Å². The van der Waals surface area contributed by atoms with Crippen LogP contribution in [0, 0.1) is 18.3 Å². The average Bonchev–Trinajstić information content (AvgIpc) is 3.66. The second-order valence-corrected chi connectivity index (χ2v) is 14.4. The smallest absolute Gasteiger partial charge is 0.410 e. The first-order valence-electron chi connectivity index (χ1n) is 17.0. The highest BCUT2D eigenvalue weighted by Gasteiger charge is 2.56. The minimum atomic E-state index is -0.244. The van der Waals surface area contributed by atoms with Crippen molar-refractivity contribution in [2.45, 2.75) is 96.1 Å². The number of amides is 1. The minimum absolute atomic E-state index is 0.00446. The SMILES string of the molecule is COC(=O)C1CC2(CC(OC(=O)N3CCC(c4cnc(-c5c(-c6nn(C(C)C)c7ncnc(N)c67)noc5C5CC5)nc4C)CC3)C2)C1. The summed E-state index contributed by atoms with van der Waals surface area (Å²) in [6.45, 7) is 7.31. The van der Waals surface area contributed by atoms with E-state index in [-0.39, 0.29) is 47.4 Å². The Kier molecular flexibility index (Phi) is 7.37. The molecule has 14 nitrogen and oxygen atoms in total. The molecule has 2 N–H and O–H groups in total. The van der Waals surface area contributed by atoms with Gasteiger partial charge in [-0.15, -0.1) is 0 Å². The lowest BCUT2D eigenvalue weighted by Crippen LogP contribution is -2.54. The maximum atomic E-state index is 13.0. The summed E-state index contributed by atoms with van der Waals surface area (Å²) < 4.78 is 18.5. The van der Waals surface area contributed by atoms with Crippen LogP contribution < -0.4 is 5.73 Å². The van der Waals surface area contributed by atoms with E-state index in [2.05, 4.69) is 15.1 Å². The number of anilines is 1. The first kappa shape index (κ1) is 30.7. The normalized spacial score (nSPS) is 24.1. The lowest BCUT2D eigenvalue weighted by Gasteiger charge is -2.56. The number of fused-ring (bicyclic) bond motifs is 1. The summed E-state index contributed by atoms with van der Waals surface area (Å²) in [5.41, 5.74) is 11.0. The van der Waals surface area contributed by atoms with Gasteiger partial charge in [0.15, 0.2) is 17.2 Å². The second-order valence-electron chi connectivity index (χ2n) is 14.4. The molecule has 0 unspecified atom stereocenters. The molecule has 48 heavy (non-hydrogen) atoms. The molecule has 4 aliphatic rings. The monoisotopic (exact) mass is 655 g/mol. The standard InChI is InChI=1S/C34H41N9O5/c1-17(2)43-31-25(29(35)37-16-38-31)26(40-43)27-24(28(48-41-27)20-5-6-20)30-36-15-23(18(3)39-30)19-7-9-42(10-8-19)33(45)47-22-13-34(14-22)11-21(12-34)32(44)46-4/h15-17,19-22H,5-14H2,1-4H3,(H2,35,37,38). The van der Waals surface area contributed by atoms with Crippen LogP contribution in [-0.4, -0.2) is 78.1 Å². The van der Waals surface area contributed by atoms with Gasteiger partial charge in [-0.05, 0) is 89.0 Å². The molecule has 0 aromatic carbocycles. The Bertz CT molecular complexity index is 1890. The van der Waals surface area contributed by atoms with E-state index in [4.69, 9.17) is 34.8 Å². The van der Waals surface area contributed by atoms with E-state index in [0.29, 0.717) is 47.2 Å². The summed E-state index contributed by atoms with van der Waals surface area (Å²) in [4.78, 5) is 45.1. The largest absolute Gasteiger partial charge is 0.469 e. The molecule has 3 saturated carbocycles. The number of nitrogens with zero attached hydrogens (tertiary/aromatic N) is 8. The summed E-state index contributed by atoms with van der Waals surface area (Å²) in [7, 11) is 1.43. The van der Waals surface area contributed by atoms with Crippen molar-refractivity contribution in [2.75, 3.05) is 25.9 Å².